The Balaban J connectivity index is 1.90. The first kappa shape index (κ1) is 33.4. The Morgan fingerprint density at radius 2 is 1.07 bits per heavy atom. The smallest absolute Gasteiger partial charge is 0.314 e. The van der Waals surface area contributed by atoms with Crippen LogP contribution in [-0.4, -0.2) is 58.4 Å². The first-order valence-electron chi connectivity index (χ1n) is 15.0. The molecular weight excluding hydrogens is 518 g/mol. The van der Waals surface area contributed by atoms with Crippen molar-refractivity contribution in [3.8, 4) is 5.75 Å². The maximum Gasteiger partial charge on any atom is 0.314 e. The van der Waals surface area contributed by atoms with E-state index in [1.54, 1.807) is 7.11 Å². The van der Waals surface area contributed by atoms with Crippen molar-refractivity contribution in [3.05, 3.63) is 48.5 Å². The number of hydrogen-bond acceptors (Lipinski definition) is 6. The summed E-state index contributed by atoms with van der Waals surface area (Å²) in [6, 6.07) is 14.8. The van der Waals surface area contributed by atoms with E-state index in [-0.39, 0.29) is 12.1 Å². The number of nitrogens with zero attached hydrogens (tertiary/aromatic N) is 3. The lowest BCUT2D eigenvalue weighted by Gasteiger charge is -2.25. The Morgan fingerprint density at radius 1 is 0.634 bits per heavy atom. The molecule has 0 saturated carbocycles. The molecule has 10 heteroatoms. The Kier molecular flexibility index (Phi) is 17.1. The maximum atomic E-state index is 12.2. The second-order valence-electron chi connectivity index (χ2n) is 9.89. The second-order valence-corrected chi connectivity index (χ2v) is 9.89. The van der Waals surface area contributed by atoms with Gasteiger partial charge in [-0.1, -0.05) is 52.4 Å². The van der Waals surface area contributed by atoms with Crippen LogP contribution < -0.4 is 30.9 Å². The van der Waals surface area contributed by atoms with Crippen LogP contribution in [0.25, 0.3) is 0 Å². The molecule has 0 atom stereocenters. The minimum absolute atomic E-state index is 0.156. The van der Waals surface area contributed by atoms with E-state index in [1.165, 1.54) is 25.7 Å². The number of carbonyl (C=O) groups is 2. The van der Waals surface area contributed by atoms with Crippen molar-refractivity contribution in [3.63, 3.8) is 0 Å². The number of methoxy groups -OCH3 is 1. The van der Waals surface area contributed by atoms with E-state index in [0.29, 0.717) is 39.3 Å². The van der Waals surface area contributed by atoms with Crippen LogP contribution in [0.5, 0.6) is 5.75 Å². The summed E-state index contributed by atoms with van der Waals surface area (Å²) in [4.78, 5) is 26.5. The molecule has 10 nitrogen and oxygen atoms in total. The van der Waals surface area contributed by atoms with Crippen LogP contribution in [0.2, 0.25) is 0 Å². The summed E-state index contributed by atoms with van der Waals surface area (Å²) < 4.78 is 5.18. The van der Waals surface area contributed by atoms with Gasteiger partial charge in [-0.3, -0.25) is 0 Å². The number of azo groups is 1. The van der Waals surface area contributed by atoms with Gasteiger partial charge in [0.25, 0.3) is 0 Å². The summed E-state index contributed by atoms with van der Waals surface area (Å²) in [6.07, 6.45) is 8.94. The first-order valence-corrected chi connectivity index (χ1v) is 15.0. The highest BCUT2D eigenvalue weighted by atomic mass is 16.5. The molecule has 0 spiro atoms. The van der Waals surface area contributed by atoms with Crippen molar-refractivity contribution >= 4 is 29.1 Å². The monoisotopic (exact) mass is 567 g/mol. The predicted molar refractivity (Wildman–Crippen MR) is 167 cm³/mol. The maximum absolute atomic E-state index is 12.2. The van der Waals surface area contributed by atoms with Gasteiger partial charge < -0.3 is 30.9 Å². The fraction of sp³-hybridized carbons (Fsp3) is 0.548. The lowest BCUT2D eigenvalue weighted by atomic mass is 10.2. The number of ether oxygens (including phenoxy) is 1. The molecule has 0 fully saturated rings. The summed E-state index contributed by atoms with van der Waals surface area (Å²) >= 11 is 0. The van der Waals surface area contributed by atoms with E-state index in [2.05, 4.69) is 50.2 Å². The summed E-state index contributed by atoms with van der Waals surface area (Å²) in [5, 5.41) is 20.4. The van der Waals surface area contributed by atoms with Gasteiger partial charge in [-0.05, 0) is 61.4 Å². The van der Waals surface area contributed by atoms with E-state index >= 15 is 0 Å². The van der Waals surface area contributed by atoms with Gasteiger partial charge in [0.1, 0.15) is 5.75 Å². The third-order valence-corrected chi connectivity index (χ3v) is 6.53. The van der Waals surface area contributed by atoms with Gasteiger partial charge in [0.15, 0.2) is 0 Å². The molecule has 0 heterocycles. The van der Waals surface area contributed by atoms with Gasteiger partial charge >= 0.3 is 12.1 Å². The molecule has 0 aliphatic heterocycles. The van der Waals surface area contributed by atoms with Crippen LogP contribution in [0, 0.1) is 0 Å². The zero-order valence-electron chi connectivity index (χ0n) is 25.1. The summed E-state index contributed by atoms with van der Waals surface area (Å²) in [5.41, 5.74) is 2.43. The number of hydrogen-bond donors (Lipinski definition) is 4. The van der Waals surface area contributed by atoms with Crippen molar-refractivity contribution in [2.45, 2.75) is 65.2 Å². The fourth-order valence-corrected chi connectivity index (χ4v) is 4.11. The Hall–Kier alpha value is -3.82. The Morgan fingerprint density at radius 3 is 1.51 bits per heavy atom. The molecule has 2 aromatic rings. The van der Waals surface area contributed by atoms with Crippen molar-refractivity contribution in [1.82, 2.24) is 21.3 Å². The number of nitrogens with one attached hydrogen (secondary N) is 4. The number of amides is 4. The van der Waals surface area contributed by atoms with E-state index in [0.717, 1.165) is 48.5 Å². The topological polar surface area (TPSA) is 119 Å². The lowest BCUT2D eigenvalue weighted by molar-refractivity contribution is 0.240. The molecular formula is C31H49N7O3. The third-order valence-electron chi connectivity index (χ3n) is 6.53. The van der Waals surface area contributed by atoms with Gasteiger partial charge in [0, 0.05) is 45.0 Å². The molecule has 4 amide bonds. The summed E-state index contributed by atoms with van der Waals surface area (Å²) in [5.74, 6) is 0.770. The van der Waals surface area contributed by atoms with Crippen LogP contribution in [0.1, 0.15) is 65.2 Å². The highest BCUT2D eigenvalue weighted by molar-refractivity contribution is 5.74. The van der Waals surface area contributed by atoms with Gasteiger partial charge in [0.05, 0.1) is 18.5 Å². The normalized spacial score (nSPS) is 10.8. The largest absolute Gasteiger partial charge is 0.497 e. The van der Waals surface area contributed by atoms with Gasteiger partial charge in [-0.25, -0.2) is 9.59 Å². The van der Waals surface area contributed by atoms with Gasteiger partial charge in [-0.15, -0.1) is 0 Å². The number of unbranched alkanes of at least 4 members (excludes halogenated alkanes) is 6. The molecule has 2 aromatic carbocycles. The molecule has 0 aliphatic rings. The minimum atomic E-state index is -0.156. The lowest BCUT2D eigenvalue weighted by Crippen LogP contribution is -2.44. The molecule has 4 N–H and O–H groups in total. The van der Waals surface area contributed by atoms with Crippen molar-refractivity contribution in [2.75, 3.05) is 51.3 Å². The molecule has 0 bridgehead atoms. The molecule has 0 saturated heterocycles. The zero-order chi connectivity index (χ0) is 29.5. The van der Waals surface area contributed by atoms with Crippen LogP contribution in [0.3, 0.4) is 0 Å². The van der Waals surface area contributed by atoms with Gasteiger partial charge in [0.2, 0.25) is 0 Å². The summed E-state index contributed by atoms with van der Waals surface area (Å²) in [7, 11) is 1.63. The quantitative estimate of drug-likeness (QED) is 0.105. The number of anilines is 1. The molecule has 0 aromatic heterocycles. The SMILES string of the molecule is CCCCCCNC(=O)NCCN(CCNC(=O)NCCCCCC)c1ccc(/N=N/c2ccc(OC)cc2)cc1. The molecule has 41 heavy (non-hydrogen) atoms. The molecule has 0 unspecified atom stereocenters. The average Bonchev–Trinajstić information content (AvgIpc) is 2.99. The first-order chi connectivity index (χ1) is 20.0. The van der Waals surface area contributed by atoms with E-state index in [1.807, 2.05) is 48.5 Å². The van der Waals surface area contributed by atoms with Crippen LogP contribution >= 0.6 is 0 Å². The predicted octanol–water partition coefficient (Wildman–Crippen LogP) is 6.68. The molecule has 0 radical (unpaired) electrons. The standard InChI is InChI=1S/C31H49N7O3/c1-4-6-8-10-20-32-30(39)34-22-24-38(25-23-35-31(40)33-21-11-9-7-5-2)28-16-12-26(13-17-28)36-37-27-14-18-29(41-3)19-15-27/h12-19H,4-11,20-25H2,1-3H3,(H2,32,34,39)(H2,33,35,40)/b37-36+. The highest BCUT2D eigenvalue weighted by Crippen LogP contribution is 2.23. The summed E-state index contributed by atoms with van der Waals surface area (Å²) in [6.45, 7) is 7.84. The number of urea groups is 2. The molecule has 0 aliphatic carbocycles. The number of carbonyl (C=O) groups excluding carboxylic acids is 2. The molecule has 2 rings (SSSR count). The van der Waals surface area contributed by atoms with Crippen LogP contribution in [0.4, 0.5) is 26.7 Å². The Labute approximate surface area is 245 Å². The van der Waals surface area contributed by atoms with E-state index in [4.69, 9.17) is 4.74 Å². The number of benzene rings is 2. The average molecular weight is 568 g/mol. The number of rotatable bonds is 20. The van der Waals surface area contributed by atoms with E-state index < -0.39 is 0 Å². The van der Waals surface area contributed by atoms with Crippen molar-refractivity contribution in [2.24, 2.45) is 10.2 Å². The van der Waals surface area contributed by atoms with Crippen molar-refractivity contribution < 1.29 is 14.3 Å². The zero-order valence-corrected chi connectivity index (χ0v) is 25.1. The molecule has 226 valence electrons. The third kappa shape index (κ3) is 14.9. The van der Waals surface area contributed by atoms with Crippen LogP contribution in [-0.2, 0) is 0 Å². The fourth-order valence-electron chi connectivity index (χ4n) is 4.11. The van der Waals surface area contributed by atoms with Gasteiger partial charge in [-0.2, -0.15) is 10.2 Å². The Bertz CT molecular complexity index is 981. The second kappa shape index (κ2) is 21.0. The van der Waals surface area contributed by atoms with Crippen LogP contribution in [0.15, 0.2) is 58.8 Å². The van der Waals surface area contributed by atoms with E-state index in [9.17, 15) is 9.59 Å². The van der Waals surface area contributed by atoms with Crippen molar-refractivity contribution in [1.29, 1.82) is 0 Å². The minimum Gasteiger partial charge on any atom is -0.497 e. The highest BCUT2D eigenvalue weighted by Gasteiger charge is 2.09.